The molecule has 0 aromatic carbocycles. The van der Waals surface area contributed by atoms with Gasteiger partial charge in [-0.15, -0.1) is 0 Å². The average Bonchev–Trinajstić information content (AvgIpc) is 2.23. The lowest BCUT2D eigenvalue weighted by atomic mass is 9.99. The van der Waals surface area contributed by atoms with Gasteiger partial charge in [0, 0.05) is 6.00 Å². The van der Waals surface area contributed by atoms with Crippen LogP contribution < -0.4 is 0 Å². The first-order valence-electron chi connectivity index (χ1n) is 2.87. The summed E-state index contributed by atoms with van der Waals surface area (Å²) >= 11 is 0. The molecule has 1 aliphatic carbocycles. The van der Waals surface area contributed by atoms with Crippen LogP contribution in [0.15, 0.2) is 0 Å². The highest BCUT2D eigenvalue weighted by atomic mass is 16.5. The van der Waals surface area contributed by atoms with Crippen molar-refractivity contribution in [1.29, 1.82) is 0 Å². The minimum atomic E-state index is 0.565. The lowest BCUT2D eigenvalue weighted by Gasteiger charge is -1.81. The molecule has 1 aliphatic heterocycles. The minimum Gasteiger partial charge on any atom is -0.439 e. The summed E-state index contributed by atoms with van der Waals surface area (Å²) in [6, 6.07) is 0.565. The summed E-state index contributed by atoms with van der Waals surface area (Å²) < 4.78 is 4.98. The molecular weight excluding hydrogens is 86.9 g/mol. The largest absolute Gasteiger partial charge is 0.439 e. The maximum absolute atomic E-state index is 4.98. The van der Waals surface area contributed by atoms with Crippen LogP contribution in [0.2, 0.25) is 0 Å². The van der Waals surface area contributed by atoms with Gasteiger partial charge >= 0.3 is 7.48 Å². The minimum absolute atomic E-state index is 0.565. The maximum atomic E-state index is 4.98. The van der Waals surface area contributed by atoms with E-state index in [1.54, 1.807) is 0 Å². The van der Waals surface area contributed by atoms with Crippen LogP contribution >= 0.6 is 0 Å². The van der Waals surface area contributed by atoms with Gasteiger partial charge in [-0.3, -0.25) is 0 Å². The molecule has 0 spiro atoms. The second kappa shape index (κ2) is 1.05. The van der Waals surface area contributed by atoms with E-state index < -0.39 is 0 Å². The second-order valence-corrected chi connectivity index (χ2v) is 2.61. The van der Waals surface area contributed by atoms with Crippen LogP contribution in [0, 0.1) is 11.8 Å². The molecule has 0 aromatic rings. The molecule has 1 saturated heterocycles. The molecule has 2 fully saturated rings. The highest BCUT2D eigenvalue weighted by Crippen LogP contribution is 2.44. The zero-order valence-corrected chi connectivity index (χ0v) is 4.42. The van der Waals surface area contributed by atoms with Crippen molar-refractivity contribution in [2.24, 2.45) is 11.8 Å². The Morgan fingerprint density at radius 3 is 2.43 bits per heavy atom. The van der Waals surface area contributed by atoms with Crippen molar-refractivity contribution in [3.63, 3.8) is 0 Å². The van der Waals surface area contributed by atoms with Gasteiger partial charge in [0.1, 0.15) is 0 Å². The van der Waals surface area contributed by atoms with Crippen LogP contribution in [-0.2, 0) is 4.65 Å². The monoisotopic (exact) mass is 95.1 g/mol. The molecular formula is C5H8BO. The molecule has 7 heavy (non-hydrogen) atoms. The SMILES string of the molecule is CC1C[C@H]1C1[B]O1. The Balaban J connectivity index is 1.88. The number of hydrogen-bond acceptors (Lipinski definition) is 1. The van der Waals surface area contributed by atoms with Crippen molar-refractivity contribution >= 4 is 7.48 Å². The maximum Gasteiger partial charge on any atom is 0.321 e. The van der Waals surface area contributed by atoms with Crippen LogP contribution in [0.3, 0.4) is 0 Å². The molecule has 0 amide bonds. The smallest absolute Gasteiger partial charge is 0.321 e. The summed E-state index contributed by atoms with van der Waals surface area (Å²) in [5, 5.41) is 0. The van der Waals surface area contributed by atoms with Crippen molar-refractivity contribution in [1.82, 2.24) is 0 Å². The van der Waals surface area contributed by atoms with E-state index in [2.05, 4.69) is 6.92 Å². The fraction of sp³-hybridized carbons (Fsp3) is 1.00. The van der Waals surface area contributed by atoms with Crippen LogP contribution in [0.4, 0.5) is 0 Å². The average molecular weight is 94.9 g/mol. The van der Waals surface area contributed by atoms with E-state index in [4.69, 9.17) is 4.65 Å². The molecule has 2 rings (SSSR count). The Labute approximate surface area is 44.3 Å². The fourth-order valence-electron chi connectivity index (χ4n) is 1.06. The van der Waals surface area contributed by atoms with Gasteiger partial charge in [0.2, 0.25) is 0 Å². The van der Waals surface area contributed by atoms with Gasteiger partial charge in [-0.25, -0.2) is 0 Å². The summed E-state index contributed by atoms with van der Waals surface area (Å²) in [4.78, 5) is 0. The lowest BCUT2D eigenvalue weighted by Crippen LogP contribution is -1.88. The van der Waals surface area contributed by atoms with Gasteiger partial charge in [-0.1, -0.05) is 6.92 Å². The third kappa shape index (κ3) is 0.575. The fourth-order valence-corrected chi connectivity index (χ4v) is 1.06. The predicted octanol–water partition coefficient (Wildman–Crippen LogP) is 0.618. The molecule has 0 N–H and O–H groups in total. The zero-order valence-electron chi connectivity index (χ0n) is 4.42. The van der Waals surface area contributed by atoms with Crippen LogP contribution in [0.25, 0.3) is 0 Å². The molecule has 3 atom stereocenters. The number of hydrogen-bond donors (Lipinski definition) is 0. The van der Waals surface area contributed by atoms with Crippen molar-refractivity contribution in [2.45, 2.75) is 19.3 Å². The molecule has 1 saturated carbocycles. The van der Waals surface area contributed by atoms with Gasteiger partial charge in [0.25, 0.3) is 0 Å². The summed E-state index contributed by atoms with van der Waals surface area (Å²) in [5.74, 6) is 1.85. The Morgan fingerprint density at radius 2 is 2.29 bits per heavy atom. The van der Waals surface area contributed by atoms with E-state index >= 15 is 0 Å². The molecule has 1 nitrogen and oxygen atoms in total. The van der Waals surface area contributed by atoms with E-state index in [0.29, 0.717) is 6.00 Å². The lowest BCUT2D eigenvalue weighted by molar-refractivity contribution is 0.411. The summed E-state index contributed by atoms with van der Waals surface area (Å²) in [7, 11) is 1.94. The van der Waals surface area contributed by atoms with E-state index in [-0.39, 0.29) is 0 Å². The molecule has 2 aliphatic rings. The van der Waals surface area contributed by atoms with Crippen LogP contribution in [0.5, 0.6) is 0 Å². The standard InChI is InChI=1S/C5H8BO/c1-3-2-4(3)5-6-7-5/h3-5H,2H2,1H3/t3?,4-,5?/m1/s1. The summed E-state index contributed by atoms with van der Waals surface area (Å²) in [6.07, 6.45) is 1.39. The highest BCUT2D eigenvalue weighted by molar-refractivity contribution is 6.39. The van der Waals surface area contributed by atoms with Crippen molar-refractivity contribution in [3.8, 4) is 0 Å². The molecule has 2 unspecified atom stereocenters. The van der Waals surface area contributed by atoms with Gasteiger partial charge in [-0.05, 0) is 18.3 Å². The Kier molecular flexibility index (Phi) is 0.595. The third-order valence-electron chi connectivity index (χ3n) is 1.89. The van der Waals surface area contributed by atoms with E-state index in [1.807, 2.05) is 7.48 Å². The van der Waals surface area contributed by atoms with Crippen molar-refractivity contribution < 1.29 is 4.65 Å². The second-order valence-electron chi connectivity index (χ2n) is 2.61. The highest BCUT2D eigenvalue weighted by Gasteiger charge is 2.47. The van der Waals surface area contributed by atoms with E-state index in [9.17, 15) is 0 Å². The molecule has 0 bridgehead atoms. The van der Waals surface area contributed by atoms with Gasteiger partial charge < -0.3 is 4.65 Å². The Bertz CT molecular complexity index is 90.1. The number of rotatable bonds is 1. The first-order chi connectivity index (χ1) is 3.38. The molecule has 1 heterocycles. The topological polar surface area (TPSA) is 12.5 Å². The van der Waals surface area contributed by atoms with Gasteiger partial charge in [-0.2, -0.15) is 0 Å². The molecule has 0 aromatic heterocycles. The van der Waals surface area contributed by atoms with Gasteiger partial charge in [0.05, 0.1) is 0 Å². The van der Waals surface area contributed by atoms with E-state index in [0.717, 1.165) is 11.8 Å². The zero-order chi connectivity index (χ0) is 4.85. The Hall–Kier alpha value is 0.0249. The van der Waals surface area contributed by atoms with Crippen molar-refractivity contribution in [3.05, 3.63) is 0 Å². The first kappa shape index (κ1) is 3.96. The Morgan fingerprint density at radius 1 is 1.71 bits per heavy atom. The van der Waals surface area contributed by atoms with E-state index in [1.165, 1.54) is 6.42 Å². The normalized spacial score (nSPS) is 55.9. The van der Waals surface area contributed by atoms with Crippen LogP contribution in [-0.4, -0.2) is 13.5 Å². The molecule has 2 heteroatoms. The van der Waals surface area contributed by atoms with Crippen LogP contribution in [0.1, 0.15) is 13.3 Å². The molecule has 1 radical (unpaired) electrons. The van der Waals surface area contributed by atoms with Crippen molar-refractivity contribution in [2.75, 3.05) is 0 Å². The summed E-state index contributed by atoms with van der Waals surface area (Å²) in [5.41, 5.74) is 0. The first-order valence-corrected chi connectivity index (χ1v) is 2.87. The predicted molar refractivity (Wildman–Crippen MR) is 27.9 cm³/mol. The van der Waals surface area contributed by atoms with Gasteiger partial charge in [0.15, 0.2) is 0 Å². The third-order valence-corrected chi connectivity index (χ3v) is 1.89. The quantitative estimate of drug-likeness (QED) is 0.343. The molecule has 37 valence electrons. The summed E-state index contributed by atoms with van der Waals surface area (Å²) in [6.45, 7) is 2.28.